The summed E-state index contributed by atoms with van der Waals surface area (Å²) in [5.41, 5.74) is 2.18. The van der Waals surface area contributed by atoms with Crippen molar-refractivity contribution in [3.63, 3.8) is 0 Å². The number of benzene rings is 1. The Kier molecular flexibility index (Phi) is 9.22. The van der Waals surface area contributed by atoms with E-state index in [1.165, 1.54) is 37.7 Å². The van der Waals surface area contributed by atoms with Crippen molar-refractivity contribution < 1.29 is 20.1 Å². The Morgan fingerprint density at radius 1 is 0.957 bits per heavy atom. The second-order valence-corrected chi connectivity index (χ2v) is 10.1. The second-order valence-electron chi connectivity index (χ2n) is 5.99. The van der Waals surface area contributed by atoms with Gasteiger partial charge in [-0.15, -0.1) is 29.8 Å². The fourth-order valence-corrected chi connectivity index (χ4v) is 8.23. The Morgan fingerprint density at radius 3 is 2.13 bits per heavy atom. The molecule has 0 unspecified atom stereocenters. The molecule has 0 saturated carbocycles. The van der Waals surface area contributed by atoms with E-state index in [-0.39, 0.29) is 20.1 Å². The Balaban J connectivity index is 0.00000264. The standard InChI is InChI=1S/C20H28NP.Ir/c1-4-14-22(15-5-2,16-6-3)19-11-9-10-18(17-19)20-12-7-8-13-21-20;/h7-9,11-13,17H,4-6,14-16H2,1-3H3;. The van der Waals surface area contributed by atoms with Crippen molar-refractivity contribution in [1.82, 2.24) is 4.98 Å². The summed E-state index contributed by atoms with van der Waals surface area (Å²) >= 11 is 0. The Morgan fingerprint density at radius 2 is 1.61 bits per heavy atom. The van der Waals surface area contributed by atoms with Crippen LogP contribution in [0.1, 0.15) is 40.0 Å². The average molecular weight is 506 g/mol. The molecule has 3 heteroatoms. The summed E-state index contributed by atoms with van der Waals surface area (Å²) in [4.78, 5) is 4.49. The van der Waals surface area contributed by atoms with Crippen molar-refractivity contribution in [2.75, 3.05) is 18.5 Å². The summed E-state index contributed by atoms with van der Waals surface area (Å²) in [5, 5.41) is 1.58. The first-order valence-corrected chi connectivity index (χ1v) is 10.9. The molecule has 0 saturated heterocycles. The third-order valence-electron chi connectivity index (χ3n) is 4.23. The van der Waals surface area contributed by atoms with E-state index in [9.17, 15) is 0 Å². The van der Waals surface area contributed by atoms with Crippen LogP contribution >= 0.6 is 7.26 Å². The van der Waals surface area contributed by atoms with Gasteiger partial charge in [0.15, 0.2) is 0 Å². The van der Waals surface area contributed by atoms with Crippen molar-refractivity contribution in [1.29, 1.82) is 0 Å². The normalized spacial score (nSPS) is 11.1. The molecule has 23 heavy (non-hydrogen) atoms. The first-order chi connectivity index (χ1) is 10.8. The summed E-state index contributed by atoms with van der Waals surface area (Å²) in [6.07, 6.45) is 9.84. The molecule has 0 N–H and O–H groups in total. The van der Waals surface area contributed by atoms with Crippen molar-refractivity contribution in [2.45, 2.75) is 40.0 Å². The van der Waals surface area contributed by atoms with E-state index in [0.717, 1.165) is 11.3 Å². The molecule has 0 fully saturated rings. The molecule has 0 aliphatic rings. The molecule has 1 radical (unpaired) electrons. The Labute approximate surface area is 156 Å². The topological polar surface area (TPSA) is 12.9 Å². The Bertz CT molecular complexity index is 554. The molecule has 0 bridgehead atoms. The van der Waals surface area contributed by atoms with E-state index < -0.39 is 7.26 Å². The molecule has 127 valence electrons. The van der Waals surface area contributed by atoms with Crippen LogP contribution in [0.5, 0.6) is 0 Å². The Hall–Kier alpha value is -0.551. The van der Waals surface area contributed by atoms with Gasteiger partial charge < -0.3 is 4.98 Å². The summed E-state index contributed by atoms with van der Waals surface area (Å²) in [7, 11) is -1.04. The molecule has 2 rings (SSSR count). The maximum atomic E-state index is 4.49. The maximum Gasteiger partial charge on any atom is 0.0623 e. The minimum Gasteiger partial charge on any atom is -0.305 e. The van der Waals surface area contributed by atoms with Crippen LogP contribution in [0.25, 0.3) is 11.3 Å². The second kappa shape index (κ2) is 10.3. The van der Waals surface area contributed by atoms with Crippen LogP contribution in [0.2, 0.25) is 0 Å². The van der Waals surface area contributed by atoms with Crippen LogP contribution in [0.4, 0.5) is 0 Å². The van der Waals surface area contributed by atoms with Gasteiger partial charge in [-0.3, -0.25) is 0 Å². The molecule has 0 aliphatic heterocycles. The minimum atomic E-state index is -1.04. The molecule has 2 aromatic rings. The van der Waals surface area contributed by atoms with Gasteiger partial charge in [0.25, 0.3) is 0 Å². The van der Waals surface area contributed by atoms with E-state index in [4.69, 9.17) is 0 Å². The van der Waals surface area contributed by atoms with Gasteiger partial charge in [-0.25, -0.2) is 0 Å². The van der Waals surface area contributed by atoms with E-state index in [1.807, 2.05) is 12.3 Å². The summed E-state index contributed by atoms with van der Waals surface area (Å²) in [5.74, 6) is 0. The minimum absolute atomic E-state index is 0. The van der Waals surface area contributed by atoms with Crippen LogP contribution in [0, 0.1) is 6.07 Å². The zero-order valence-electron chi connectivity index (χ0n) is 14.5. The molecule has 0 atom stereocenters. The van der Waals surface area contributed by atoms with Crippen molar-refractivity contribution in [3.05, 3.63) is 48.7 Å². The van der Waals surface area contributed by atoms with Gasteiger partial charge in [-0.05, 0) is 31.0 Å². The fraction of sp³-hybridized carbons (Fsp3) is 0.450. The van der Waals surface area contributed by atoms with E-state index in [0.29, 0.717) is 0 Å². The summed E-state index contributed by atoms with van der Waals surface area (Å²) in [6.45, 7) is 6.98. The molecule has 1 aromatic heterocycles. The maximum absolute atomic E-state index is 4.49. The summed E-state index contributed by atoms with van der Waals surface area (Å²) in [6, 6.07) is 16.3. The molecule has 0 aliphatic carbocycles. The SMILES string of the molecule is CCC[P+](CCC)(CCC)c1cc[c-]c(-c2ccccn2)c1.[Ir]. The van der Waals surface area contributed by atoms with Gasteiger partial charge in [-0.1, -0.05) is 32.9 Å². The number of hydrogen-bond donors (Lipinski definition) is 0. The molecular formula is C20H28IrNP. The molecule has 1 nitrogen and oxygen atoms in total. The molecule has 1 aromatic carbocycles. The van der Waals surface area contributed by atoms with Crippen LogP contribution in [-0.2, 0) is 20.1 Å². The van der Waals surface area contributed by atoms with E-state index in [1.54, 1.807) is 5.30 Å². The molecule has 1 heterocycles. The average Bonchev–Trinajstić information content (AvgIpc) is 2.56. The van der Waals surface area contributed by atoms with Gasteiger partial charge in [0, 0.05) is 38.9 Å². The third-order valence-corrected chi connectivity index (χ3v) is 9.51. The predicted octanol–water partition coefficient (Wildman–Crippen LogP) is 5.42. The zero-order valence-corrected chi connectivity index (χ0v) is 17.8. The largest absolute Gasteiger partial charge is 0.305 e. The number of hydrogen-bond acceptors (Lipinski definition) is 1. The van der Waals surface area contributed by atoms with Gasteiger partial charge in [0.2, 0.25) is 0 Å². The van der Waals surface area contributed by atoms with E-state index >= 15 is 0 Å². The van der Waals surface area contributed by atoms with Gasteiger partial charge in [0.05, 0.1) is 18.5 Å². The van der Waals surface area contributed by atoms with E-state index in [2.05, 4.69) is 62.2 Å². The molecular weight excluding hydrogens is 477 g/mol. The number of aromatic nitrogens is 1. The fourth-order valence-electron chi connectivity index (χ4n) is 3.43. The number of nitrogens with zero attached hydrogens (tertiary/aromatic N) is 1. The zero-order chi connectivity index (χ0) is 15.8. The smallest absolute Gasteiger partial charge is 0.0623 e. The van der Waals surface area contributed by atoms with Crippen LogP contribution in [-0.4, -0.2) is 23.5 Å². The quantitative estimate of drug-likeness (QED) is 0.345. The van der Waals surface area contributed by atoms with Crippen LogP contribution in [0.15, 0.2) is 42.6 Å². The molecule has 0 amide bonds. The monoisotopic (exact) mass is 506 g/mol. The first kappa shape index (κ1) is 20.5. The van der Waals surface area contributed by atoms with Crippen molar-refractivity contribution in [3.8, 4) is 11.3 Å². The molecule has 0 spiro atoms. The third kappa shape index (κ3) is 5.21. The predicted molar refractivity (Wildman–Crippen MR) is 101 cm³/mol. The van der Waals surface area contributed by atoms with Crippen LogP contribution in [0.3, 0.4) is 0 Å². The van der Waals surface area contributed by atoms with Gasteiger partial charge in [-0.2, -0.15) is 0 Å². The number of rotatable bonds is 8. The van der Waals surface area contributed by atoms with Gasteiger partial charge in [0.1, 0.15) is 0 Å². The number of pyridine rings is 1. The van der Waals surface area contributed by atoms with Crippen molar-refractivity contribution >= 4 is 12.6 Å². The van der Waals surface area contributed by atoms with Crippen LogP contribution < -0.4 is 5.30 Å². The summed E-state index contributed by atoms with van der Waals surface area (Å²) < 4.78 is 0. The first-order valence-electron chi connectivity index (χ1n) is 8.55. The van der Waals surface area contributed by atoms with Gasteiger partial charge >= 0.3 is 0 Å². The van der Waals surface area contributed by atoms with Crippen molar-refractivity contribution in [2.24, 2.45) is 0 Å².